The van der Waals surface area contributed by atoms with E-state index in [4.69, 9.17) is 5.11 Å². The maximum Gasteiger partial charge on any atom is 0.402 e. The van der Waals surface area contributed by atoms with Crippen LogP contribution in [0.5, 0.6) is 0 Å². The highest BCUT2D eigenvalue weighted by Gasteiger charge is 2.13. The van der Waals surface area contributed by atoms with Gasteiger partial charge in [-0.2, -0.15) is 8.78 Å². The van der Waals surface area contributed by atoms with Gasteiger partial charge in [-0.25, -0.2) is 0 Å². The van der Waals surface area contributed by atoms with Crippen LogP contribution >= 0.6 is 12.6 Å². The Bertz CT molecular complexity index is 25.1. The quantitative estimate of drug-likeness (QED) is 0.334. The standard InChI is InChI=1S/CH2F2OS/c2-1(3,4)5/h4-5H. The molecular weight excluding hydrogens is 98.1 g/mol. The Kier molecular flexibility index (Phi) is 1.14. The van der Waals surface area contributed by atoms with Crippen molar-refractivity contribution < 1.29 is 13.9 Å². The molecule has 0 radical (unpaired) electrons. The van der Waals surface area contributed by atoms with Crippen molar-refractivity contribution in [2.24, 2.45) is 0 Å². The number of alkyl halides is 2. The summed E-state index contributed by atoms with van der Waals surface area (Å²) in [6, 6.07) is 0. The lowest BCUT2D eigenvalue weighted by molar-refractivity contribution is -0.109. The highest BCUT2D eigenvalue weighted by molar-refractivity contribution is 7.81. The molecule has 5 heavy (non-hydrogen) atoms. The summed E-state index contributed by atoms with van der Waals surface area (Å²) in [5.74, 6) is 0. The van der Waals surface area contributed by atoms with Crippen LogP contribution in [0.1, 0.15) is 0 Å². The van der Waals surface area contributed by atoms with Crippen molar-refractivity contribution in [1.82, 2.24) is 0 Å². The second-order valence-electron chi connectivity index (χ2n) is 0.509. The third-order valence-electron chi connectivity index (χ3n) is 0. The molecule has 0 saturated heterocycles. The minimum atomic E-state index is -3.81. The lowest BCUT2D eigenvalue weighted by Crippen LogP contribution is -2.00. The molecule has 0 aromatic heterocycles. The summed E-state index contributed by atoms with van der Waals surface area (Å²) in [5, 5.41) is 7.05. The number of hydrogen-bond donors (Lipinski definition) is 2. The van der Waals surface area contributed by atoms with Crippen molar-refractivity contribution in [2.45, 2.75) is 5.44 Å². The fourth-order valence-corrected chi connectivity index (χ4v) is 0. The van der Waals surface area contributed by atoms with E-state index in [1.54, 1.807) is 0 Å². The van der Waals surface area contributed by atoms with Crippen LogP contribution in [0.2, 0.25) is 0 Å². The summed E-state index contributed by atoms with van der Waals surface area (Å²) >= 11 is 2.34. The predicted octanol–water partition coefficient (Wildman–Crippen LogP) is 0.459. The molecule has 0 atom stereocenters. The number of hydrogen-bond acceptors (Lipinski definition) is 2. The first-order valence-corrected chi connectivity index (χ1v) is 1.27. The largest absolute Gasteiger partial charge is 0.402 e. The highest BCUT2D eigenvalue weighted by atomic mass is 32.1. The first-order valence-electron chi connectivity index (χ1n) is 0.825. The van der Waals surface area contributed by atoms with Crippen molar-refractivity contribution in [3.05, 3.63) is 0 Å². The summed E-state index contributed by atoms with van der Waals surface area (Å²) in [5.41, 5.74) is -3.81. The zero-order chi connectivity index (χ0) is 4.50. The number of rotatable bonds is 0. The molecule has 0 unspecified atom stereocenters. The Hall–Kier alpha value is 0.170. The Labute approximate surface area is 33.0 Å². The molecule has 0 aromatic rings. The fourth-order valence-electron chi connectivity index (χ4n) is 0. The Morgan fingerprint density at radius 1 is 1.60 bits per heavy atom. The van der Waals surface area contributed by atoms with Gasteiger partial charge in [0.1, 0.15) is 0 Å². The van der Waals surface area contributed by atoms with Crippen LogP contribution in [0.3, 0.4) is 0 Å². The first kappa shape index (κ1) is 5.17. The number of halogens is 2. The molecule has 0 aliphatic heterocycles. The molecule has 0 heterocycles. The van der Waals surface area contributed by atoms with E-state index in [0.717, 1.165) is 0 Å². The van der Waals surface area contributed by atoms with E-state index in [2.05, 4.69) is 12.6 Å². The highest BCUT2D eigenvalue weighted by Crippen LogP contribution is 2.10. The molecule has 0 spiro atoms. The van der Waals surface area contributed by atoms with Crippen LogP contribution in [0, 0.1) is 0 Å². The molecule has 0 saturated carbocycles. The number of aliphatic hydroxyl groups is 1. The Morgan fingerprint density at radius 2 is 1.60 bits per heavy atom. The molecular formula is CH2F2OS. The molecule has 1 N–H and O–H groups in total. The molecule has 32 valence electrons. The Balaban J connectivity index is 3.02. The van der Waals surface area contributed by atoms with E-state index < -0.39 is 5.44 Å². The SMILES string of the molecule is OC(F)(F)S. The third-order valence-corrected chi connectivity index (χ3v) is 0. The van der Waals surface area contributed by atoms with Gasteiger partial charge in [-0.3, -0.25) is 0 Å². The average molecular weight is 100 g/mol. The van der Waals surface area contributed by atoms with Crippen LogP contribution in [-0.2, 0) is 0 Å². The summed E-state index contributed by atoms with van der Waals surface area (Å²) in [4.78, 5) is 0. The summed E-state index contributed by atoms with van der Waals surface area (Å²) in [6.45, 7) is 0. The molecule has 1 nitrogen and oxygen atoms in total. The lowest BCUT2D eigenvalue weighted by atomic mass is 11.5. The van der Waals surface area contributed by atoms with Gasteiger partial charge in [0.2, 0.25) is 0 Å². The van der Waals surface area contributed by atoms with Crippen LogP contribution in [0.4, 0.5) is 8.78 Å². The van der Waals surface area contributed by atoms with E-state index >= 15 is 0 Å². The normalized spacial score (nSPS) is 12.0. The fraction of sp³-hybridized carbons (Fsp3) is 1.00. The molecule has 0 fully saturated rings. The minimum absolute atomic E-state index is 2.34. The molecule has 0 aliphatic carbocycles. The topological polar surface area (TPSA) is 20.2 Å². The molecule has 0 rings (SSSR count). The molecule has 0 bridgehead atoms. The van der Waals surface area contributed by atoms with Gasteiger partial charge in [0, 0.05) is 0 Å². The predicted molar refractivity (Wildman–Crippen MR) is 16.2 cm³/mol. The third kappa shape index (κ3) is 679. The molecule has 4 heteroatoms. The van der Waals surface area contributed by atoms with E-state index in [0.29, 0.717) is 0 Å². The average Bonchev–Trinajstić information content (AvgIpc) is 0.722. The van der Waals surface area contributed by atoms with E-state index in [1.807, 2.05) is 0 Å². The second-order valence-corrected chi connectivity index (χ2v) is 1.05. The molecule has 0 aliphatic rings. The maximum absolute atomic E-state index is 10.4. The van der Waals surface area contributed by atoms with E-state index in [9.17, 15) is 8.78 Å². The van der Waals surface area contributed by atoms with Crippen LogP contribution in [0.15, 0.2) is 0 Å². The molecule has 0 amide bonds. The van der Waals surface area contributed by atoms with Crippen LogP contribution in [-0.4, -0.2) is 10.5 Å². The van der Waals surface area contributed by atoms with Gasteiger partial charge in [-0.15, -0.1) is 0 Å². The maximum atomic E-state index is 10.4. The minimum Gasteiger partial charge on any atom is -0.327 e. The van der Waals surface area contributed by atoms with Crippen LogP contribution in [0.25, 0.3) is 0 Å². The second kappa shape index (κ2) is 1.10. The zero-order valence-corrected chi connectivity index (χ0v) is 3.04. The van der Waals surface area contributed by atoms with Gasteiger partial charge in [0.25, 0.3) is 0 Å². The summed E-state index contributed by atoms with van der Waals surface area (Å²) in [6.07, 6.45) is 0. The van der Waals surface area contributed by atoms with Gasteiger partial charge >= 0.3 is 5.44 Å². The van der Waals surface area contributed by atoms with Crippen molar-refractivity contribution in [3.63, 3.8) is 0 Å². The van der Waals surface area contributed by atoms with Crippen molar-refractivity contribution in [2.75, 3.05) is 0 Å². The van der Waals surface area contributed by atoms with E-state index in [-0.39, 0.29) is 0 Å². The summed E-state index contributed by atoms with van der Waals surface area (Å²) in [7, 11) is 0. The smallest absolute Gasteiger partial charge is 0.327 e. The monoisotopic (exact) mass is 100.0 g/mol. The van der Waals surface area contributed by atoms with E-state index in [1.165, 1.54) is 0 Å². The van der Waals surface area contributed by atoms with Crippen molar-refractivity contribution in [1.29, 1.82) is 0 Å². The van der Waals surface area contributed by atoms with Gasteiger partial charge in [-0.05, 0) is 0 Å². The first-order chi connectivity index (χ1) is 2.00. The summed E-state index contributed by atoms with van der Waals surface area (Å²) < 4.78 is 20.9. The molecule has 0 aromatic carbocycles. The van der Waals surface area contributed by atoms with Gasteiger partial charge in [-0.1, -0.05) is 12.6 Å². The zero-order valence-electron chi connectivity index (χ0n) is 2.15. The van der Waals surface area contributed by atoms with Crippen molar-refractivity contribution in [3.8, 4) is 0 Å². The van der Waals surface area contributed by atoms with Gasteiger partial charge in [0.15, 0.2) is 0 Å². The lowest BCUT2D eigenvalue weighted by Gasteiger charge is -1.91. The van der Waals surface area contributed by atoms with Gasteiger partial charge < -0.3 is 5.11 Å². The number of thiol groups is 1. The van der Waals surface area contributed by atoms with Crippen LogP contribution < -0.4 is 0 Å². The Morgan fingerprint density at radius 3 is 1.60 bits per heavy atom. The van der Waals surface area contributed by atoms with Gasteiger partial charge in [0.05, 0.1) is 0 Å². The van der Waals surface area contributed by atoms with Crippen molar-refractivity contribution >= 4 is 12.6 Å².